The largest absolute Gasteiger partial charge is 0.344 e. The van der Waals surface area contributed by atoms with Gasteiger partial charge in [-0.15, -0.1) is 5.10 Å². The first-order chi connectivity index (χ1) is 14.7. The van der Waals surface area contributed by atoms with Gasteiger partial charge in [-0.2, -0.15) is 0 Å². The summed E-state index contributed by atoms with van der Waals surface area (Å²) in [6.45, 7) is 0. The number of carbonyl (C=O) groups is 1. The minimum absolute atomic E-state index is 0.0375. The zero-order valence-corrected chi connectivity index (χ0v) is 16.8. The number of benzene rings is 2. The number of rotatable bonds is 4. The number of nitrogens with zero attached hydrogens (tertiary/aromatic N) is 4. The first kappa shape index (κ1) is 18.5. The van der Waals surface area contributed by atoms with Gasteiger partial charge < -0.3 is 5.32 Å². The van der Waals surface area contributed by atoms with Crippen LogP contribution in [0.2, 0.25) is 5.02 Å². The molecular formula is C23H18ClN5O. The van der Waals surface area contributed by atoms with E-state index in [0.717, 1.165) is 24.0 Å². The number of pyridine rings is 1. The van der Waals surface area contributed by atoms with Gasteiger partial charge in [-0.3, -0.25) is 9.78 Å². The van der Waals surface area contributed by atoms with Crippen molar-refractivity contribution in [2.24, 2.45) is 0 Å². The van der Waals surface area contributed by atoms with Crippen molar-refractivity contribution in [1.29, 1.82) is 0 Å². The van der Waals surface area contributed by atoms with Gasteiger partial charge in [0.2, 0.25) is 0 Å². The smallest absolute Gasteiger partial charge is 0.274 e. The summed E-state index contributed by atoms with van der Waals surface area (Å²) in [5, 5.41) is 12.2. The Morgan fingerprint density at radius 1 is 1.03 bits per heavy atom. The third kappa shape index (κ3) is 3.25. The van der Waals surface area contributed by atoms with Gasteiger partial charge in [0.15, 0.2) is 5.69 Å². The molecule has 30 heavy (non-hydrogen) atoms. The lowest BCUT2D eigenvalue weighted by Crippen LogP contribution is -2.28. The zero-order chi connectivity index (χ0) is 20.5. The van der Waals surface area contributed by atoms with E-state index >= 15 is 0 Å². The first-order valence-corrected chi connectivity index (χ1v) is 10.1. The number of nitrogens with one attached hydrogen (secondary N) is 1. The number of halogens is 1. The van der Waals surface area contributed by atoms with Gasteiger partial charge in [-0.05, 0) is 48.2 Å². The topological polar surface area (TPSA) is 72.7 Å². The van der Waals surface area contributed by atoms with Crippen molar-refractivity contribution < 1.29 is 4.79 Å². The molecule has 1 N–H and O–H groups in total. The predicted octanol–water partition coefficient (Wildman–Crippen LogP) is 4.40. The van der Waals surface area contributed by atoms with Gasteiger partial charge in [0.05, 0.1) is 16.8 Å². The molecule has 1 aliphatic rings. The van der Waals surface area contributed by atoms with E-state index in [2.05, 4.69) is 32.7 Å². The zero-order valence-electron chi connectivity index (χ0n) is 16.0. The fourth-order valence-corrected chi connectivity index (χ4v) is 4.15. The highest BCUT2D eigenvalue weighted by Gasteiger charge is 2.28. The molecule has 0 radical (unpaired) electrons. The number of aryl methyl sites for hydroxylation is 1. The fraction of sp³-hybridized carbons (Fsp3) is 0.130. The van der Waals surface area contributed by atoms with Crippen molar-refractivity contribution in [1.82, 2.24) is 25.3 Å². The Hall–Kier alpha value is -3.51. The number of aromatic nitrogens is 4. The van der Waals surface area contributed by atoms with E-state index in [1.807, 2.05) is 42.5 Å². The van der Waals surface area contributed by atoms with Crippen molar-refractivity contribution in [2.75, 3.05) is 0 Å². The number of carbonyl (C=O) groups excluding carboxylic acids is 1. The van der Waals surface area contributed by atoms with Crippen LogP contribution in [0.4, 0.5) is 0 Å². The second-order valence-electron chi connectivity index (χ2n) is 7.15. The minimum atomic E-state index is -0.262. The maximum atomic E-state index is 13.3. The maximum absolute atomic E-state index is 13.3. The van der Waals surface area contributed by atoms with Crippen LogP contribution < -0.4 is 5.32 Å². The number of amides is 1. The van der Waals surface area contributed by atoms with Crippen LogP contribution in [-0.2, 0) is 6.42 Å². The standard InChI is InChI=1S/C23H18ClN5O/c24-18-7-3-4-8-20(18)29-22(16-11-13-25-14-12-16)21(27-28-29)23(30)26-19-10-9-15-5-1-2-6-17(15)19/h1-8,11-14,19H,9-10H2,(H,26,30)/t19-/m0/s1. The number of hydrogen-bond acceptors (Lipinski definition) is 4. The molecule has 0 unspecified atom stereocenters. The predicted molar refractivity (Wildman–Crippen MR) is 115 cm³/mol. The molecule has 1 amide bonds. The Labute approximate surface area is 178 Å². The maximum Gasteiger partial charge on any atom is 0.274 e. The second kappa shape index (κ2) is 7.72. The van der Waals surface area contributed by atoms with E-state index < -0.39 is 0 Å². The van der Waals surface area contributed by atoms with Crippen LogP contribution in [0.25, 0.3) is 16.9 Å². The van der Waals surface area contributed by atoms with Crippen LogP contribution >= 0.6 is 11.6 Å². The Kier molecular flexibility index (Phi) is 4.77. The quantitative estimate of drug-likeness (QED) is 0.536. The summed E-state index contributed by atoms with van der Waals surface area (Å²) in [7, 11) is 0. The number of fused-ring (bicyclic) bond motifs is 1. The molecule has 2 heterocycles. The van der Waals surface area contributed by atoms with Crippen molar-refractivity contribution in [3.63, 3.8) is 0 Å². The highest BCUT2D eigenvalue weighted by Crippen LogP contribution is 2.32. The molecule has 2 aromatic heterocycles. The number of para-hydroxylation sites is 1. The molecule has 0 spiro atoms. The SMILES string of the molecule is O=C(N[C@H]1CCc2ccccc21)c1nnn(-c2ccccc2Cl)c1-c1ccncc1. The summed E-state index contributed by atoms with van der Waals surface area (Å²) >= 11 is 6.40. The van der Waals surface area contributed by atoms with E-state index in [1.165, 1.54) is 5.56 Å². The molecule has 5 rings (SSSR count). The van der Waals surface area contributed by atoms with E-state index in [9.17, 15) is 4.79 Å². The Morgan fingerprint density at radius 2 is 1.80 bits per heavy atom. The van der Waals surface area contributed by atoms with Gasteiger partial charge in [-0.25, -0.2) is 4.68 Å². The molecular weight excluding hydrogens is 398 g/mol. The van der Waals surface area contributed by atoms with Crippen LogP contribution in [0.5, 0.6) is 0 Å². The summed E-state index contributed by atoms with van der Waals surface area (Å²) in [5.41, 5.74) is 4.71. The lowest BCUT2D eigenvalue weighted by molar-refractivity contribution is 0.0932. The molecule has 6 nitrogen and oxygen atoms in total. The third-order valence-corrected chi connectivity index (χ3v) is 5.68. The second-order valence-corrected chi connectivity index (χ2v) is 7.56. The van der Waals surface area contributed by atoms with Gasteiger partial charge in [-0.1, -0.05) is 53.2 Å². The Bertz CT molecular complexity index is 1220. The summed E-state index contributed by atoms with van der Waals surface area (Å²) in [6.07, 6.45) is 5.17. The Balaban J connectivity index is 1.56. The van der Waals surface area contributed by atoms with Crippen molar-refractivity contribution in [2.45, 2.75) is 18.9 Å². The fourth-order valence-electron chi connectivity index (χ4n) is 3.93. The van der Waals surface area contributed by atoms with Gasteiger partial charge in [0.25, 0.3) is 5.91 Å². The summed E-state index contributed by atoms with van der Waals surface area (Å²) in [4.78, 5) is 17.3. The molecule has 0 bridgehead atoms. The van der Waals surface area contributed by atoms with E-state index in [0.29, 0.717) is 16.4 Å². The van der Waals surface area contributed by atoms with Crippen LogP contribution in [0.3, 0.4) is 0 Å². The summed E-state index contributed by atoms with van der Waals surface area (Å²) < 4.78 is 1.61. The lowest BCUT2D eigenvalue weighted by Gasteiger charge is -2.14. The lowest BCUT2D eigenvalue weighted by atomic mass is 10.1. The van der Waals surface area contributed by atoms with E-state index in [1.54, 1.807) is 23.1 Å². The summed E-state index contributed by atoms with van der Waals surface area (Å²) in [6, 6.07) is 19.2. The van der Waals surface area contributed by atoms with E-state index in [4.69, 9.17) is 11.6 Å². The van der Waals surface area contributed by atoms with Crippen molar-refractivity contribution in [3.05, 3.63) is 94.9 Å². The minimum Gasteiger partial charge on any atom is -0.344 e. The molecule has 148 valence electrons. The first-order valence-electron chi connectivity index (χ1n) is 9.72. The number of hydrogen-bond donors (Lipinski definition) is 1. The van der Waals surface area contributed by atoms with Crippen LogP contribution in [0.1, 0.15) is 34.1 Å². The average Bonchev–Trinajstić information content (AvgIpc) is 3.40. The molecule has 4 aromatic rings. The monoisotopic (exact) mass is 415 g/mol. The van der Waals surface area contributed by atoms with E-state index in [-0.39, 0.29) is 17.6 Å². The van der Waals surface area contributed by atoms with Crippen LogP contribution in [-0.4, -0.2) is 25.9 Å². The van der Waals surface area contributed by atoms with Gasteiger partial charge >= 0.3 is 0 Å². The normalized spacial score (nSPS) is 15.0. The highest BCUT2D eigenvalue weighted by atomic mass is 35.5. The van der Waals surface area contributed by atoms with Crippen molar-refractivity contribution in [3.8, 4) is 16.9 Å². The van der Waals surface area contributed by atoms with Gasteiger partial charge in [0.1, 0.15) is 5.69 Å². The molecule has 7 heteroatoms. The molecule has 0 saturated heterocycles. The highest BCUT2D eigenvalue weighted by molar-refractivity contribution is 6.32. The third-order valence-electron chi connectivity index (χ3n) is 5.36. The van der Waals surface area contributed by atoms with Crippen molar-refractivity contribution >= 4 is 17.5 Å². The molecule has 0 saturated carbocycles. The average molecular weight is 416 g/mol. The molecule has 2 aromatic carbocycles. The Morgan fingerprint density at radius 3 is 2.63 bits per heavy atom. The van der Waals surface area contributed by atoms with Gasteiger partial charge in [0, 0.05) is 18.0 Å². The molecule has 0 fully saturated rings. The van der Waals surface area contributed by atoms with Crippen LogP contribution in [0, 0.1) is 0 Å². The summed E-state index contributed by atoms with van der Waals surface area (Å²) in [5.74, 6) is -0.262. The molecule has 1 aliphatic carbocycles. The molecule has 0 aliphatic heterocycles. The van der Waals surface area contributed by atoms with Crippen LogP contribution in [0.15, 0.2) is 73.1 Å². The molecule has 1 atom stereocenters.